The van der Waals surface area contributed by atoms with Crippen molar-refractivity contribution in [1.29, 1.82) is 0 Å². The first kappa shape index (κ1) is 27.7. The molecule has 0 unspecified atom stereocenters. The van der Waals surface area contributed by atoms with Crippen LogP contribution in [0.3, 0.4) is 0 Å². The van der Waals surface area contributed by atoms with Crippen molar-refractivity contribution in [2.45, 2.75) is 45.1 Å². The molecule has 0 spiro atoms. The lowest BCUT2D eigenvalue weighted by molar-refractivity contribution is 0.279. The quantitative estimate of drug-likeness (QED) is 0.254. The molecule has 0 radical (unpaired) electrons. The average Bonchev–Trinajstić information content (AvgIpc) is 3.55. The van der Waals surface area contributed by atoms with E-state index in [1.807, 2.05) is 18.2 Å². The van der Waals surface area contributed by atoms with Gasteiger partial charge in [0.2, 0.25) is 15.2 Å². The maximum Gasteiger partial charge on any atom is 0.211 e. The van der Waals surface area contributed by atoms with Gasteiger partial charge in [-0.3, -0.25) is 0 Å². The highest BCUT2D eigenvalue weighted by molar-refractivity contribution is 7.88. The number of hydrogen-bond acceptors (Lipinski definition) is 7. The van der Waals surface area contributed by atoms with E-state index in [1.165, 1.54) is 11.8 Å². The van der Waals surface area contributed by atoms with Crippen molar-refractivity contribution >= 4 is 54.6 Å². The highest BCUT2D eigenvalue weighted by Gasteiger charge is 2.27. The molecule has 2 aromatic heterocycles. The number of rotatable bonds is 10. The Bertz CT molecular complexity index is 1590. The molecule has 3 N–H and O–H groups in total. The van der Waals surface area contributed by atoms with Crippen LogP contribution in [-0.2, 0) is 22.9 Å². The smallest absolute Gasteiger partial charge is 0.211 e. The molecule has 4 aromatic rings. The largest absolute Gasteiger partial charge is 0.389 e. The summed E-state index contributed by atoms with van der Waals surface area (Å²) in [7, 11) is -3.18. The summed E-state index contributed by atoms with van der Waals surface area (Å²) in [5.41, 5.74) is 11.3. The number of benzene rings is 2. The molecule has 0 aliphatic carbocycles. The van der Waals surface area contributed by atoms with Crippen molar-refractivity contribution in [3.8, 4) is 11.1 Å². The van der Waals surface area contributed by atoms with Gasteiger partial charge in [-0.05, 0) is 48.9 Å². The highest BCUT2D eigenvalue weighted by Crippen LogP contribution is 2.36. The number of anilines is 1. The molecule has 0 atom stereocenters. The van der Waals surface area contributed by atoms with Crippen molar-refractivity contribution in [2.75, 3.05) is 31.2 Å². The second kappa shape index (κ2) is 11.7. The van der Waals surface area contributed by atoms with Crippen LogP contribution >= 0.6 is 23.6 Å². The van der Waals surface area contributed by atoms with Gasteiger partial charge in [-0.25, -0.2) is 12.7 Å². The standard InChI is InChI=1S/C28H34N6O2S3/c1-3-13-30-28-32-31-26(38-28)10-8-19-7-9-23-24(20-5-4-6-21(17-20)27(29)37)18-34(25(23)16-19)22-11-14-33(15-12-22)39(2,35)36/h4-7,9,16-18,22H,3,8,10-15H2,1-2H3,(H2,29,37)(H,30,32). The Labute approximate surface area is 239 Å². The molecule has 5 rings (SSSR count). The summed E-state index contributed by atoms with van der Waals surface area (Å²) in [6.45, 7) is 4.08. The number of fused-ring (bicyclic) bond motifs is 1. The summed E-state index contributed by atoms with van der Waals surface area (Å²) in [6, 6.07) is 14.9. The Balaban J connectivity index is 1.46. The van der Waals surface area contributed by atoms with Gasteiger partial charge in [0, 0.05) is 60.3 Å². The highest BCUT2D eigenvalue weighted by atomic mass is 32.2. The molecule has 206 valence electrons. The number of nitrogens with one attached hydrogen (secondary N) is 1. The third kappa shape index (κ3) is 6.32. The molecule has 39 heavy (non-hydrogen) atoms. The summed E-state index contributed by atoms with van der Waals surface area (Å²) in [6.07, 6.45) is 7.78. The Morgan fingerprint density at radius 3 is 2.67 bits per heavy atom. The fraction of sp³-hybridized carbons (Fsp3) is 0.393. The molecule has 0 amide bonds. The molecule has 3 heterocycles. The van der Waals surface area contributed by atoms with E-state index < -0.39 is 10.0 Å². The minimum absolute atomic E-state index is 0.212. The fourth-order valence-corrected chi connectivity index (χ4v) is 6.95. The van der Waals surface area contributed by atoms with Crippen LogP contribution in [0.25, 0.3) is 22.0 Å². The number of aromatic nitrogens is 3. The van der Waals surface area contributed by atoms with Crippen molar-refractivity contribution < 1.29 is 8.42 Å². The number of nitrogens with zero attached hydrogens (tertiary/aromatic N) is 4. The first-order valence-corrected chi connectivity index (χ1v) is 16.4. The van der Waals surface area contributed by atoms with Crippen molar-refractivity contribution in [3.05, 3.63) is 64.8 Å². The van der Waals surface area contributed by atoms with Gasteiger partial charge in [-0.15, -0.1) is 10.2 Å². The molecule has 0 bridgehead atoms. The molecule has 1 aliphatic heterocycles. The Morgan fingerprint density at radius 2 is 1.95 bits per heavy atom. The maximum atomic E-state index is 12.1. The third-order valence-electron chi connectivity index (χ3n) is 7.26. The molecular weight excluding hydrogens is 549 g/mol. The monoisotopic (exact) mass is 582 g/mol. The summed E-state index contributed by atoms with van der Waals surface area (Å²) in [5, 5.41) is 15.0. The van der Waals surface area contributed by atoms with Crippen LogP contribution in [-0.4, -0.2) is 58.4 Å². The summed E-state index contributed by atoms with van der Waals surface area (Å²) < 4.78 is 28.1. The second-order valence-electron chi connectivity index (χ2n) is 10.1. The zero-order valence-electron chi connectivity index (χ0n) is 22.3. The number of aryl methyl sites for hydroxylation is 2. The van der Waals surface area contributed by atoms with Gasteiger partial charge in [0.25, 0.3) is 0 Å². The van der Waals surface area contributed by atoms with Crippen LogP contribution in [0.4, 0.5) is 5.13 Å². The van der Waals surface area contributed by atoms with Crippen LogP contribution in [0.15, 0.2) is 48.7 Å². The molecule has 1 aliphatic rings. The Kier molecular flexibility index (Phi) is 8.32. The zero-order chi connectivity index (χ0) is 27.6. The summed E-state index contributed by atoms with van der Waals surface area (Å²) in [4.78, 5) is 0.376. The second-order valence-corrected chi connectivity index (χ2v) is 13.6. The number of piperidine rings is 1. The lowest BCUT2D eigenvalue weighted by Gasteiger charge is -2.31. The molecule has 0 saturated carbocycles. The number of thiocarbonyl (C=S) groups is 1. The fourth-order valence-electron chi connectivity index (χ4n) is 5.19. The molecule has 8 nitrogen and oxygen atoms in total. The lowest BCUT2D eigenvalue weighted by atomic mass is 10.0. The van der Waals surface area contributed by atoms with Gasteiger partial charge in [0.15, 0.2) is 0 Å². The predicted molar refractivity (Wildman–Crippen MR) is 164 cm³/mol. The van der Waals surface area contributed by atoms with Crippen molar-refractivity contribution in [1.82, 2.24) is 19.1 Å². The van der Waals surface area contributed by atoms with E-state index in [-0.39, 0.29) is 6.04 Å². The van der Waals surface area contributed by atoms with Gasteiger partial charge in [0.05, 0.1) is 6.26 Å². The van der Waals surface area contributed by atoms with Gasteiger partial charge in [-0.2, -0.15) is 0 Å². The normalized spacial score (nSPS) is 15.1. The Hall–Kier alpha value is -2.86. The van der Waals surface area contributed by atoms with Gasteiger partial charge in [-0.1, -0.05) is 60.8 Å². The minimum Gasteiger partial charge on any atom is -0.389 e. The molecule has 11 heteroatoms. The average molecular weight is 583 g/mol. The van der Waals surface area contributed by atoms with Crippen LogP contribution in [0.5, 0.6) is 0 Å². The van der Waals surface area contributed by atoms with Gasteiger partial charge >= 0.3 is 0 Å². The molecular formula is C28H34N6O2S3. The zero-order valence-corrected chi connectivity index (χ0v) is 24.7. The van der Waals surface area contributed by atoms with Crippen molar-refractivity contribution in [3.63, 3.8) is 0 Å². The number of sulfonamides is 1. The van der Waals surface area contributed by atoms with E-state index in [1.54, 1.807) is 15.6 Å². The molecule has 2 aromatic carbocycles. The number of nitrogens with two attached hydrogens (primary N) is 1. The van der Waals surface area contributed by atoms with Crippen LogP contribution < -0.4 is 11.1 Å². The molecule has 1 saturated heterocycles. The van der Waals surface area contributed by atoms with E-state index in [9.17, 15) is 8.42 Å². The molecule has 1 fully saturated rings. The van der Waals surface area contributed by atoms with E-state index in [4.69, 9.17) is 18.0 Å². The summed E-state index contributed by atoms with van der Waals surface area (Å²) in [5.74, 6) is 0. The minimum atomic E-state index is -3.18. The van der Waals surface area contributed by atoms with Gasteiger partial charge in [0.1, 0.15) is 10.00 Å². The first-order chi connectivity index (χ1) is 18.7. The van der Waals surface area contributed by atoms with Gasteiger partial charge < -0.3 is 15.6 Å². The maximum absolute atomic E-state index is 12.1. The topological polar surface area (TPSA) is 106 Å². The van der Waals surface area contributed by atoms with E-state index >= 15 is 0 Å². The van der Waals surface area contributed by atoms with Crippen molar-refractivity contribution in [2.24, 2.45) is 5.73 Å². The SMILES string of the molecule is CCCNc1nnc(CCc2ccc3c(-c4cccc(C(N)=S)c4)cn(C4CCN(S(C)(=O)=O)CC4)c3c2)s1. The first-order valence-electron chi connectivity index (χ1n) is 13.3. The van der Waals surface area contributed by atoms with E-state index in [0.29, 0.717) is 18.1 Å². The van der Waals surface area contributed by atoms with E-state index in [2.05, 4.69) is 57.5 Å². The van der Waals surface area contributed by atoms with Crippen LogP contribution in [0.1, 0.15) is 48.4 Å². The number of hydrogen-bond donors (Lipinski definition) is 2. The van der Waals surface area contributed by atoms with E-state index in [0.717, 1.165) is 76.4 Å². The summed E-state index contributed by atoms with van der Waals surface area (Å²) >= 11 is 6.85. The predicted octanol–water partition coefficient (Wildman–Crippen LogP) is 5.00. The Morgan fingerprint density at radius 1 is 1.15 bits per heavy atom. The van der Waals surface area contributed by atoms with Crippen LogP contribution in [0, 0.1) is 0 Å². The van der Waals surface area contributed by atoms with Crippen LogP contribution in [0.2, 0.25) is 0 Å². The lowest BCUT2D eigenvalue weighted by Crippen LogP contribution is -2.38. The third-order valence-corrected chi connectivity index (χ3v) is 9.74.